The Morgan fingerprint density at radius 3 is 2.55 bits per heavy atom. The predicted octanol–water partition coefficient (Wildman–Crippen LogP) is 2.86. The van der Waals surface area contributed by atoms with Gasteiger partial charge in [0.2, 0.25) is 15.9 Å². The quantitative estimate of drug-likeness (QED) is 0.715. The zero-order valence-corrected chi connectivity index (χ0v) is 19.2. The first-order chi connectivity index (χ1) is 14.8. The summed E-state index contributed by atoms with van der Waals surface area (Å²) in [5, 5.41) is 2.68. The largest absolute Gasteiger partial charge is 0.479 e. The van der Waals surface area contributed by atoms with Gasteiger partial charge in [-0.2, -0.15) is 4.31 Å². The lowest BCUT2D eigenvalue weighted by molar-refractivity contribution is -0.132. The molecule has 10 heteroatoms. The summed E-state index contributed by atoms with van der Waals surface area (Å²) in [7, 11) is -3.86. The van der Waals surface area contributed by atoms with Crippen molar-refractivity contribution in [2.75, 3.05) is 31.5 Å². The van der Waals surface area contributed by atoms with E-state index in [1.165, 1.54) is 42.1 Å². The van der Waals surface area contributed by atoms with Gasteiger partial charge in [0.05, 0.1) is 10.7 Å². The van der Waals surface area contributed by atoms with Crippen LogP contribution in [0.4, 0.5) is 5.69 Å². The van der Waals surface area contributed by atoms with Gasteiger partial charge in [-0.05, 0) is 25.3 Å². The Morgan fingerprint density at radius 2 is 1.87 bits per heavy atom. The molecule has 0 bridgehead atoms. The van der Waals surface area contributed by atoms with Crippen molar-refractivity contribution in [3.8, 4) is 5.75 Å². The molecule has 0 spiro atoms. The summed E-state index contributed by atoms with van der Waals surface area (Å²) in [5.74, 6) is 0.726. The maximum atomic E-state index is 13.2. The van der Waals surface area contributed by atoms with Crippen molar-refractivity contribution in [1.29, 1.82) is 0 Å². The fourth-order valence-corrected chi connectivity index (χ4v) is 6.45. The van der Waals surface area contributed by atoms with E-state index < -0.39 is 16.1 Å². The summed E-state index contributed by atoms with van der Waals surface area (Å²) in [4.78, 5) is 26.0. The molecule has 1 atom stereocenters. The van der Waals surface area contributed by atoms with Gasteiger partial charge in [0, 0.05) is 38.7 Å². The highest BCUT2D eigenvalue weighted by Crippen LogP contribution is 2.38. The van der Waals surface area contributed by atoms with Crippen molar-refractivity contribution in [3.63, 3.8) is 0 Å². The molecule has 1 aliphatic carbocycles. The number of halogens is 1. The van der Waals surface area contributed by atoms with Gasteiger partial charge >= 0.3 is 0 Å². The number of anilines is 1. The average molecular weight is 470 g/mol. The Kier molecular flexibility index (Phi) is 6.46. The zero-order valence-electron chi connectivity index (χ0n) is 17.6. The molecule has 1 saturated heterocycles. The second-order valence-corrected chi connectivity index (χ2v) is 10.8. The number of carbonyl (C=O) groups excluding carboxylic acids is 2. The number of rotatable bonds is 5. The van der Waals surface area contributed by atoms with Gasteiger partial charge in [-0.1, -0.05) is 37.3 Å². The second kappa shape index (κ2) is 8.96. The summed E-state index contributed by atoms with van der Waals surface area (Å²) in [6, 6.07) is 2.76. The van der Waals surface area contributed by atoms with E-state index in [-0.39, 0.29) is 40.6 Å². The molecule has 0 radical (unpaired) electrons. The van der Waals surface area contributed by atoms with E-state index in [1.807, 2.05) is 0 Å². The molecule has 1 N–H and O–H groups in total. The molecule has 8 nitrogen and oxygen atoms in total. The second-order valence-electron chi connectivity index (χ2n) is 8.50. The Morgan fingerprint density at radius 1 is 1.19 bits per heavy atom. The SMILES string of the molecule is C[C@H]1Oc2cc(S(=O)(=O)N3CCN(C(=O)CCC4CCCC4)CC3)c(Cl)cc2NC1=O. The van der Waals surface area contributed by atoms with Crippen molar-refractivity contribution in [1.82, 2.24) is 9.21 Å². The van der Waals surface area contributed by atoms with E-state index in [0.717, 1.165) is 6.42 Å². The molecular weight excluding hydrogens is 442 g/mol. The van der Waals surface area contributed by atoms with E-state index in [4.69, 9.17) is 16.3 Å². The highest BCUT2D eigenvalue weighted by molar-refractivity contribution is 7.89. The molecule has 3 aliphatic rings. The van der Waals surface area contributed by atoms with Crippen LogP contribution in [0.25, 0.3) is 0 Å². The minimum atomic E-state index is -3.86. The summed E-state index contributed by atoms with van der Waals surface area (Å²) in [6.45, 7) is 2.77. The predicted molar refractivity (Wildman–Crippen MR) is 117 cm³/mol. The molecule has 4 rings (SSSR count). The van der Waals surface area contributed by atoms with Crippen molar-refractivity contribution in [2.45, 2.75) is 56.4 Å². The number of hydrogen-bond acceptors (Lipinski definition) is 5. The number of nitrogens with one attached hydrogen (secondary N) is 1. The van der Waals surface area contributed by atoms with E-state index in [1.54, 1.807) is 11.8 Å². The Labute approximate surface area is 187 Å². The van der Waals surface area contributed by atoms with Crippen LogP contribution in [0.15, 0.2) is 17.0 Å². The fourth-order valence-electron chi connectivity index (χ4n) is 4.51. The van der Waals surface area contributed by atoms with Crippen LogP contribution < -0.4 is 10.1 Å². The Hall–Kier alpha value is -1.84. The van der Waals surface area contributed by atoms with Crippen molar-refractivity contribution < 1.29 is 22.7 Å². The van der Waals surface area contributed by atoms with Crippen LogP contribution >= 0.6 is 11.6 Å². The molecule has 0 aromatic heterocycles. The van der Waals surface area contributed by atoms with Gasteiger partial charge in [-0.25, -0.2) is 8.42 Å². The first-order valence-electron chi connectivity index (χ1n) is 10.8. The molecule has 1 aromatic carbocycles. The van der Waals surface area contributed by atoms with Crippen LogP contribution in [0.1, 0.15) is 45.4 Å². The van der Waals surface area contributed by atoms with Crippen LogP contribution in [0.5, 0.6) is 5.75 Å². The molecule has 2 heterocycles. The third kappa shape index (κ3) is 4.68. The first-order valence-corrected chi connectivity index (χ1v) is 12.7. The third-order valence-electron chi connectivity index (χ3n) is 6.42. The zero-order chi connectivity index (χ0) is 22.2. The molecule has 1 aromatic rings. The number of nitrogens with zero attached hydrogens (tertiary/aromatic N) is 2. The molecule has 31 heavy (non-hydrogen) atoms. The summed E-state index contributed by atoms with van der Waals surface area (Å²) < 4.78 is 33.3. The topological polar surface area (TPSA) is 96.0 Å². The van der Waals surface area contributed by atoms with Gasteiger partial charge in [0.25, 0.3) is 5.91 Å². The number of carbonyl (C=O) groups is 2. The fraction of sp³-hybridized carbons (Fsp3) is 0.619. The summed E-state index contributed by atoms with van der Waals surface area (Å²) in [5.41, 5.74) is 0.352. The minimum absolute atomic E-state index is 0.0206. The molecular formula is C21H28ClN3O5S. The van der Waals surface area contributed by atoms with Gasteiger partial charge in [0.15, 0.2) is 6.10 Å². The van der Waals surface area contributed by atoms with Crippen LogP contribution in [0, 0.1) is 5.92 Å². The molecule has 2 aliphatic heterocycles. The van der Waals surface area contributed by atoms with E-state index in [0.29, 0.717) is 31.1 Å². The number of piperazine rings is 1. The van der Waals surface area contributed by atoms with E-state index in [9.17, 15) is 18.0 Å². The van der Waals surface area contributed by atoms with Crippen molar-refractivity contribution in [3.05, 3.63) is 17.2 Å². The number of ether oxygens (including phenoxy) is 1. The lowest BCUT2D eigenvalue weighted by atomic mass is 10.0. The van der Waals surface area contributed by atoms with E-state index in [2.05, 4.69) is 5.32 Å². The lowest BCUT2D eigenvalue weighted by Gasteiger charge is -2.34. The van der Waals surface area contributed by atoms with Crippen molar-refractivity contribution >= 4 is 39.1 Å². The van der Waals surface area contributed by atoms with Gasteiger partial charge in [0.1, 0.15) is 10.6 Å². The van der Waals surface area contributed by atoms with Gasteiger partial charge in [-0.15, -0.1) is 0 Å². The molecule has 2 amide bonds. The average Bonchev–Trinajstić information content (AvgIpc) is 3.26. The maximum absolute atomic E-state index is 13.2. The number of amides is 2. The minimum Gasteiger partial charge on any atom is -0.479 e. The van der Waals surface area contributed by atoms with Gasteiger partial charge in [-0.3, -0.25) is 9.59 Å². The highest BCUT2D eigenvalue weighted by Gasteiger charge is 2.34. The van der Waals surface area contributed by atoms with Crippen LogP contribution in [0.2, 0.25) is 5.02 Å². The number of hydrogen-bond donors (Lipinski definition) is 1. The highest BCUT2D eigenvalue weighted by atomic mass is 35.5. The Bertz CT molecular complexity index is 969. The standard InChI is InChI=1S/C21H28ClN3O5S/c1-14-21(27)23-17-12-16(22)19(13-18(17)30-14)31(28,29)25-10-8-24(9-11-25)20(26)7-6-15-4-2-3-5-15/h12-15H,2-11H2,1H3,(H,23,27)/t14-/m1/s1. The molecule has 170 valence electrons. The number of benzene rings is 1. The molecule has 1 saturated carbocycles. The van der Waals surface area contributed by atoms with E-state index >= 15 is 0 Å². The smallest absolute Gasteiger partial charge is 0.265 e. The monoisotopic (exact) mass is 469 g/mol. The van der Waals surface area contributed by atoms with Crippen LogP contribution in [0.3, 0.4) is 0 Å². The first kappa shape index (κ1) is 22.4. The number of fused-ring (bicyclic) bond motifs is 1. The van der Waals surface area contributed by atoms with Crippen LogP contribution in [-0.4, -0.2) is 61.7 Å². The van der Waals surface area contributed by atoms with Gasteiger partial charge < -0.3 is 15.0 Å². The molecule has 2 fully saturated rings. The Balaban J connectivity index is 1.40. The summed E-state index contributed by atoms with van der Waals surface area (Å²) in [6.07, 6.45) is 5.70. The van der Waals surface area contributed by atoms with Crippen LogP contribution in [-0.2, 0) is 19.6 Å². The maximum Gasteiger partial charge on any atom is 0.265 e. The third-order valence-corrected chi connectivity index (χ3v) is 8.78. The number of sulfonamides is 1. The normalized spacial score (nSPS) is 22.7. The van der Waals surface area contributed by atoms with Crippen molar-refractivity contribution in [2.24, 2.45) is 5.92 Å². The molecule has 0 unspecified atom stereocenters. The lowest BCUT2D eigenvalue weighted by Crippen LogP contribution is -2.50. The summed E-state index contributed by atoms with van der Waals surface area (Å²) >= 11 is 6.25.